The predicted octanol–water partition coefficient (Wildman–Crippen LogP) is -0.487. The molecular weight excluding hydrogens is 240 g/mol. The maximum absolute atomic E-state index is 9.73. The fourth-order valence-corrected chi connectivity index (χ4v) is 1.72. The maximum Gasteiger partial charge on any atom is 0.229 e. The van der Waals surface area contributed by atoms with Crippen molar-refractivity contribution in [2.45, 2.75) is 24.6 Å². The third kappa shape index (κ3) is 2.56. The van der Waals surface area contributed by atoms with Crippen LogP contribution in [0, 0.1) is 0 Å². The highest BCUT2D eigenvalue weighted by molar-refractivity contribution is 5.39. The van der Waals surface area contributed by atoms with E-state index < -0.39 is 24.6 Å². The first-order chi connectivity index (χ1) is 8.63. The molecule has 1 aliphatic rings. The van der Waals surface area contributed by atoms with Gasteiger partial charge in [-0.15, -0.1) is 0 Å². The topological polar surface area (TPSA) is 88.4 Å². The van der Waals surface area contributed by atoms with E-state index in [1.165, 1.54) is 7.11 Å². The lowest BCUT2D eigenvalue weighted by atomic mass is 10.1. The van der Waals surface area contributed by atoms with Crippen molar-refractivity contribution >= 4 is 0 Å². The molecule has 4 atom stereocenters. The largest absolute Gasteiger partial charge is 0.493 e. The molecule has 6 heteroatoms. The summed E-state index contributed by atoms with van der Waals surface area (Å²) in [6, 6.07) is 6.89. The van der Waals surface area contributed by atoms with Gasteiger partial charge in [0.1, 0.15) is 18.3 Å². The lowest BCUT2D eigenvalue weighted by Gasteiger charge is -2.35. The summed E-state index contributed by atoms with van der Waals surface area (Å²) in [5.41, 5.74) is 0. The summed E-state index contributed by atoms with van der Waals surface area (Å²) in [6.07, 6.45) is -4.77. The van der Waals surface area contributed by atoms with Crippen LogP contribution < -0.4 is 9.47 Å². The van der Waals surface area contributed by atoms with Crippen molar-refractivity contribution in [3.05, 3.63) is 24.3 Å². The van der Waals surface area contributed by atoms with Gasteiger partial charge in [0.2, 0.25) is 6.29 Å². The Hall–Kier alpha value is -1.34. The maximum atomic E-state index is 9.73. The highest BCUT2D eigenvalue weighted by atomic mass is 16.7. The summed E-state index contributed by atoms with van der Waals surface area (Å²) in [5.74, 6) is 0.890. The van der Waals surface area contributed by atoms with Crippen LogP contribution >= 0.6 is 0 Å². The number of rotatable bonds is 3. The second kappa shape index (κ2) is 5.53. The lowest BCUT2D eigenvalue weighted by Crippen LogP contribution is -2.54. The van der Waals surface area contributed by atoms with Gasteiger partial charge in [-0.2, -0.15) is 0 Å². The van der Waals surface area contributed by atoms with Gasteiger partial charge in [-0.1, -0.05) is 12.1 Å². The van der Waals surface area contributed by atoms with E-state index in [9.17, 15) is 15.3 Å². The molecule has 1 aromatic carbocycles. The molecule has 6 nitrogen and oxygen atoms in total. The van der Waals surface area contributed by atoms with Crippen molar-refractivity contribution < 1.29 is 29.5 Å². The van der Waals surface area contributed by atoms with Gasteiger partial charge in [0.25, 0.3) is 0 Å². The highest BCUT2D eigenvalue weighted by Gasteiger charge is 2.39. The van der Waals surface area contributed by atoms with E-state index in [2.05, 4.69) is 0 Å². The molecule has 1 heterocycles. The smallest absolute Gasteiger partial charge is 0.229 e. The van der Waals surface area contributed by atoms with Gasteiger partial charge < -0.3 is 29.5 Å². The van der Waals surface area contributed by atoms with E-state index in [0.717, 1.165) is 0 Å². The minimum absolute atomic E-state index is 0.0992. The van der Waals surface area contributed by atoms with Gasteiger partial charge in [0, 0.05) is 0 Å². The number of benzene rings is 1. The Bertz CT molecular complexity index is 396. The van der Waals surface area contributed by atoms with Gasteiger partial charge in [-0.25, -0.2) is 0 Å². The van der Waals surface area contributed by atoms with Gasteiger partial charge in [0.05, 0.1) is 13.7 Å². The van der Waals surface area contributed by atoms with Gasteiger partial charge >= 0.3 is 0 Å². The van der Waals surface area contributed by atoms with Crippen molar-refractivity contribution in [2.24, 2.45) is 0 Å². The van der Waals surface area contributed by atoms with Gasteiger partial charge in [-0.05, 0) is 12.1 Å². The number of methoxy groups -OCH3 is 1. The summed E-state index contributed by atoms with van der Waals surface area (Å²) in [6.45, 7) is -0.0992. The molecule has 0 amide bonds. The fraction of sp³-hybridized carbons (Fsp3) is 0.500. The third-order valence-electron chi connectivity index (χ3n) is 2.77. The molecule has 0 saturated carbocycles. The summed E-state index contributed by atoms with van der Waals surface area (Å²) in [4.78, 5) is 0. The third-order valence-corrected chi connectivity index (χ3v) is 2.77. The lowest BCUT2D eigenvalue weighted by molar-refractivity contribution is -0.242. The number of ether oxygens (including phenoxy) is 3. The first-order valence-corrected chi connectivity index (χ1v) is 5.59. The average Bonchev–Trinajstić information content (AvgIpc) is 2.40. The summed E-state index contributed by atoms with van der Waals surface area (Å²) < 4.78 is 15.7. The monoisotopic (exact) mass is 256 g/mol. The summed E-state index contributed by atoms with van der Waals surface area (Å²) >= 11 is 0. The van der Waals surface area contributed by atoms with E-state index in [-0.39, 0.29) is 6.61 Å². The van der Waals surface area contributed by atoms with Crippen LogP contribution in [-0.4, -0.2) is 53.6 Å². The van der Waals surface area contributed by atoms with E-state index in [4.69, 9.17) is 14.2 Å². The number of aliphatic hydroxyl groups is 3. The van der Waals surface area contributed by atoms with Crippen LogP contribution in [0.25, 0.3) is 0 Å². The van der Waals surface area contributed by atoms with Crippen molar-refractivity contribution in [1.82, 2.24) is 0 Å². The molecule has 3 N–H and O–H groups in total. The van der Waals surface area contributed by atoms with Gasteiger partial charge in [-0.3, -0.25) is 0 Å². The quantitative estimate of drug-likeness (QED) is 0.676. The average molecular weight is 256 g/mol. The molecule has 1 aromatic rings. The summed E-state index contributed by atoms with van der Waals surface area (Å²) in [5, 5.41) is 28.6. The Kier molecular flexibility index (Phi) is 4.03. The summed E-state index contributed by atoms with van der Waals surface area (Å²) in [7, 11) is 1.50. The Morgan fingerprint density at radius 1 is 1.11 bits per heavy atom. The Morgan fingerprint density at radius 2 is 1.78 bits per heavy atom. The first kappa shape index (κ1) is 13.1. The highest BCUT2D eigenvalue weighted by Crippen LogP contribution is 2.29. The zero-order chi connectivity index (χ0) is 13.1. The molecule has 1 fully saturated rings. The van der Waals surface area contributed by atoms with Gasteiger partial charge in [0.15, 0.2) is 11.5 Å². The van der Waals surface area contributed by atoms with Crippen molar-refractivity contribution in [3.8, 4) is 11.5 Å². The molecule has 0 spiro atoms. The Balaban J connectivity index is 2.09. The second-order valence-electron chi connectivity index (χ2n) is 4.02. The molecule has 0 bridgehead atoms. The molecule has 0 aromatic heterocycles. The Morgan fingerprint density at radius 3 is 2.44 bits per heavy atom. The van der Waals surface area contributed by atoms with Crippen molar-refractivity contribution in [3.63, 3.8) is 0 Å². The van der Waals surface area contributed by atoms with Crippen LogP contribution in [0.1, 0.15) is 0 Å². The van der Waals surface area contributed by atoms with Crippen LogP contribution in [0.3, 0.4) is 0 Å². The number of aliphatic hydroxyl groups excluding tert-OH is 3. The van der Waals surface area contributed by atoms with Crippen LogP contribution in [0.5, 0.6) is 11.5 Å². The minimum atomic E-state index is -1.32. The second-order valence-corrected chi connectivity index (χ2v) is 4.02. The molecule has 1 aliphatic heterocycles. The SMILES string of the molecule is COc1ccccc1O[C@@H]1OC[C@@H](O)[C@@H](O)[C@@H]1O. The molecule has 0 radical (unpaired) electrons. The van der Waals surface area contributed by atoms with Crippen molar-refractivity contribution in [1.29, 1.82) is 0 Å². The van der Waals surface area contributed by atoms with E-state index in [1.54, 1.807) is 24.3 Å². The van der Waals surface area contributed by atoms with Crippen LogP contribution in [-0.2, 0) is 4.74 Å². The molecule has 2 rings (SSSR count). The molecular formula is C12H16O6. The first-order valence-electron chi connectivity index (χ1n) is 5.59. The van der Waals surface area contributed by atoms with Crippen LogP contribution in [0.2, 0.25) is 0 Å². The Labute approximate surface area is 104 Å². The number of hydrogen-bond donors (Lipinski definition) is 3. The minimum Gasteiger partial charge on any atom is -0.493 e. The van der Waals surface area contributed by atoms with Crippen LogP contribution in [0.4, 0.5) is 0 Å². The standard InChI is InChI=1S/C12H16O6/c1-16-8-4-2-3-5-9(8)18-12-11(15)10(14)7(13)6-17-12/h2-5,7,10-15H,6H2,1H3/t7-,10-,11+,12+/m1/s1. The normalized spacial score (nSPS) is 32.0. The van der Waals surface area contributed by atoms with E-state index >= 15 is 0 Å². The molecule has 18 heavy (non-hydrogen) atoms. The zero-order valence-electron chi connectivity index (χ0n) is 9.89. The molecule has 0 aliphatic carbocycles. The molecule has 1 saturated heterocycles. The zero-order valence-corrected chi connectivity index (χ0v) is 9.89. The fourth-order valence-electron chi connectivity index (χ4n) is 1.72. The number of para-hydroxylation sites is 2. The molecule has 0 unspecified atom stereocenters. The van der Waals surface area contributed by atoms with E-state index in [1.807, 2.05) is 0 Å². The number of hydrogen-bond acceptors (Lipinski definition) is 6. The van der Waals surface area contributed by atoms with Crippen LogP contribution in [0.15, 0.2) is 24.3 Å². The molecule has 100 valence electrons. The predicted molar refractivity (Wildman–Crippen MR) is 61.4 cm³/mol. The van der Waals surface area contributed by atoms with Crippen molar-refractivity contribution in [2.75, 3.05) is 13.7 Å². The van der Waals surface area contributed by atoms with E-state index in [0.29, 0.717) is 11.5 Å².